The average Bonchev–Trinajstić information content (AvgIpc) is 2.71. The summed E-state index contributed by atoms with van der Waals surface area (Å²) < 4.78 is 11.1. The molecule has 2 aromatic carbocycles. The van der Waals surface area contributed by atoms with Gasteiger partial charge in [-0.25, -0.2) is 4.79 Å². The van der Waals surface area contributed by atoms with Crippen LogP contribution in [0.25, 0.3) is 23.1 Å². The van der Waals surface area contributed by atoms with Gasteiger partial charge in [0.15, 0.2) is 5.43 Å². The molecule has 0 fully saturated rings. The SMILES string of the molecule is CCCc1c(/C=C/c2cc(C)ccc2C)oc2ccc(C(=O)OCC)cc2c1=O. The number of carbonyl (C=O) groups excluding carboxylic acids is 1. The van der Waals surface area contributed by atoms with E-state index >= 15 is 0 Å². The van der Waals surface area contributed by atoms with Crippen molar-refractivity contribution < 1.29 is 13.9 Å². The summed E-state index contributed by atoms with van der Waals surface area (Å²) in [7, 11) is 0. The highest BCUT2D eigenvalue weighted by Gasteiger charge is 2.15. The van der Waals surface area contributed by atoms with Crippen molar-refractivity contribution in [2.75, 3.05) is 6.61 Å². The van der Waals surface area contributed by atoms with Gasteiger partial charge >= 0.3 is 5.97 Å². The van der Waals surface area contributed by atoms with Crippen LogP contribution in [-0.2, 0) is 11.2 Å². The smallest absolute Gasteiger partial charge is 0.338 e. The number of aryl methyl sites for hydroxylation is 2. The van der Waals surface area contributed by atoms with Gasteiger partial charge in [0.1, 0.15) is 11.3 Å². The Morgan fingerprint density at radius 2 is 1.86 bits per heavy atom. The number of benzene rings is 2. The number of hydrogen-bond acceptors (Lipinski definition) is 4. The first-order valence-corrected chi connectivity index (χ1v) is 9.96. The molecule has 0 bridgehead atoms. The second kappa shape index (κ2) is 8.91. The van der Waals surface area contributed by atoms with Gasteiger partial charge in [-0.05, 0) is 62.6 Å². The van der Waals surface area contributed by atoms with E-state index in [1.54, 1.807) is 25.1 Å². The van der Waals surface area contributed by atoms with Crippen LogP contribution < -0.4 is 5.43 Å². The summed E-state index contributed by atoms with van der Waals surface area (Å²) in [4.78, 5) is 25.2. The molecule has 1 aromatic heterocycles. The van der Waals surface area contributed by atoms with Crippen molar-refractivity contribution in [3.05, 3.63) is 80.2 Å². The molecule has 0 N–H and O–H groups in total. The van der Waals surface area contributed by atoms with Crippen molar-refractivity contribution in [1.29, 1.82) is 0 Å². The van der Waals surface area contributed by atoms with Gasteiger partial charge in [0.2, 0.25) is 0 Å². The summed E-state index contributed by atoms with van der Waals surface area (Å²) in [6.07, 6.45) is 5.28. The van der Waals surface area contributed by atoms with Gasteiger partial charge < -0.3 is 9.15 Å². The van der Waals surface area contributed by atoms with E-state index in [1.165, 1.54) is 5.56 Å². The highest BCUT2D eigenvalue weighted by atomic mass is 16.5. The Morgan fingerprint density at radius 1 is 1.07 bits per heavy atom. The van der Waals surface area contributed by atoms with Gasteiger partial charge in [0.25, 0.3) is 0 Å². The second-order valence-electron chi connectivity index (χ2n) is 7.15. The molecule has 4 nitrogen and oxygen atoms in total. The molecule has 3 aromatic rings. The minimum Gasteiger partial charge on any atom is -0.462 e. The number of fused-ring (bicyclic) bond motifs is 1. The number of esters is 1. The summed E-state index contributed by atoms with van der Waals surface area (Å²) >= 11 is 0. The van der Waals surface area contributed by atoms with E-state index < -0.39 is 5.97 Å². The standard InChI is InChI=1S/C25H26O4/c1-5-7-20-22(12-10-18-14-16(3)8-9-17(18)4)29-23-13-11-19(25(27)28-6-2)15-21(23)24(20)26/h8-15H,5-7H2,1-4H3/b12-10+. The molecule has 0 atom stereocenters. The second-order valence-corrected chi connectivity index (χ2v) is 7.15. The Hall–Kier alpha value is -3.14. The first-order valence-electron chi connectivity index (χ1n) is 9.96. The third kappa shape index (κ3) is 4.48. The topological polar surface area (TPSA) is 56.5 Å². The van der Waals surface area contributed by atoms with Crippen LogP contribution in [0.2, 0.25) is 0 Å². The molecule has 29 heavy (non-hydrogen) atoms. The third-order valence-electron chi connectivity index (χ3n) is 4.88. The minimum absolute atomic E-state index is 0.0973. The molecule has 0 radical (unpaired) electrons. The van der Waals surface area contributed by atoms with Crippen LogP contribution in [0, 0.1) is 13.8 Å². The molecular weight excluding hydrogens is 364 g/mol. The minimum atomic E-state index is -0.440. The third-order valence-corrected chi connectivity index (χ3v) is 4.88. The van der Waals surface area contributed by atoms with Gasteiger partial charge in [-0.15, -0.1) is 0 Å². The predicted octanol–water partition coefficient (Wildman–Crippen LogP) is 5.71. The zero-order chi connectivity index (χ0) is 21.0. The Morgan fingerprint density at radius 3 is 2.59 bits per heavy atom. The quantitative estimate of drug-likeness (QED) is 0.506. The Kier molecular flexibility index (Phi) is 6.32. The number of ether oxygens (including phenoxy) is 1. The molecule has 0 saturated carbocycles. The van der Waals surface area contributed by atoms with Crippen LogP contribution in [0.15, 0.2) is 45.6 Å². The molecule has 3 rings (SSSR count). The van der Waals surface area contributed by atoms with Gasteiger partial charge in [0, 0.05) is 5.56 Å². The Labute approximate surface area is 170 Å². The fourth-order valence-corrected chi connectivity index (χ4v) is 3.32. The number of rotatable bonds is 6. The largest absolute Gasteiger partial charge is 0.462 e. The van der Waals surface area contributed by atoms with E-state index in [2.05, 4.69) is 32.0 Å². The lowest BCUT2D eigenvalue weighted by molar-refractivity contribution is 0.0526. The maximum absolute atomic E-state index is 13.2. The molecular formula is C25H26O4. The van der Waals surface area contributed by atoms with Crippen molar-refractivity contribution >= 4 is 29.1 Å². The van der Waals surface area contributed by atoms with Crippen molar-refractivity contribution in [2.24, 2.45) is 0 Å². The van der Waals surface area contributed by atoms with Crippen molar-refractivity contribution in [3.63, 3.8) is 0 Å². The van der Waals surface area contributed by atoms with E-state index in [0.29, 0.717) is 34.3 Å². The first kappa shape index (κ1) is 20.6. The Balaban J connectivity index is 2.12. The van der Waals surface area contributed by atoms with E-state index in [-0.39, 0.29) is 12.0 Å². The van der Waals surface area contributed by atoms with Gasteiger partial charge in [-0.2, -0.15) is 0 Å². The van der Waals surface area contributed by atoms with Crippen molar-refractivity contribution in [3.8, 4) is 0 Å². The van der Waals surface area contributed by atoms with E-state index in [1.807, 2.05) is 19.1 Å². The molecule has 1 heterocycles. The van der Waals surface area contributed by atoms with Gasteiger partial charge in [-0.3, -0.25) is 4.79 Å². The Bertz CT molecular complexity index is 1140. The highest BCUT2D eigenvalue weighted by molar-refractivity contribution is 5.94. The molecule has 0 unspecified atom stereocenters. The zero-order valence-corrected chi connectivity index (χ0v) is 17.4. The summed E-state index contributed by atoms with van der Waals surface area (Å²) in [5.41, 5.74) is 4.77. The molecule has 0 aliphatic rings. The van der Waals surface area contributed by atoms with E-state index in [0.717, 1.165) is 17.5 Å². The van der Waals surface area contributed by atoms with Crippen molar-refractivity contribution in [1.82, 2.24) is 0 Å². The predicted molar refractivity (Wildman–Crippen MR) is 117 cm³/mol. The molecule has 4 heteroatoms. The number of hydrogen-bond donors (Lipinski definition) is 0. The molecule has 150 valence electrons. The van der Waals surface area contributed by atoms with Crippen LogP contribution in [0.3, 0.4) is 0 Å². The zero-order valence-electron chi connectivity index (χ0n) is 17.4. The lowest BCUT2D eigenvalue weighted by Gasteiger charge is -2.08. The number of carbonyl (C=O) groups is 1. The van der Waals surface area contributed by atoms with E-state index in [9.17, 15) is 9.59 Å². The van der Waals surface area contributed by atoms with Crippen LogP contribution in [0.5, 0.6) is 0 Å². The summed E-state index contributed by atoms with van der Waals surface area (Å²) in [6, 6.07) is 11.1. The monoisotopic (exact) mass is 390 g/mol. The summed E-state index contributed by atoms with van der Waals surface area (Å²) in [5.74, 6) is 0.124. The normalized spacial score (nSPS) is 11.3. The molecule has 0 saturated heterocycles. The summed E-state index contributed by atoms with van der Waals surface area (Å²) in [5, 5.41) is 0.405. The van der Waals surface area contributed by atoms with Crippen LogP contribution in [0.1, 0.15) is 58.6 Å². The first-order chi connectivity index (χ1) is 13.9. The lowest BCUT2D eigenvalue weighted by atomic mass is 10.0. The molecule has 0 amide bonds. The maximum Gasteiger partial charge on any atom is 0.338 e. The molecule has 0 aliphatic carbocycles. The fourth-order valence-electron chi connectivity index (χ4n) is 3.32. The van der Waals surface area contributed by atoms with E-state index in [4.69, 9.17) is 9.15 Å². The fraction of sp³-hybridized carbons (Fsp3) is 0.280. The van der Waals surface area contributed by atoms with Crippen LogP contribution in [-0.4, -0.2) is 12.6 Å². The van der Waals surface area contributed by atoms with Crippen molar-refractivity contribution in [2.45, 2.75) is 40.5 Å². The van der Waals surface area contributed by atoms with Crippen LogP contribution in [0.4, 0.5) is 0 Å². The maximum atomic E-state index is 13.2. The molecule has 0 spiro atoms. The molecule has 0 aliphatic heterocycles. The highest BCUT2D eigenvalue weighted by Crippen LogP contribution is 2.22. The van der Waals surface area contributed by atoms with Crippen LogP contribution >= 0.6 is 0 Å². The average molecular weight is 390 g/mol. The van der Waals surface area contributed by atoms with Gasteiger partial charge in [-0.1, -0.05) is 43.2 Å². The lowest BCUT2D eigenvalue weighted by Crippen LogP contribution is -2.12. The van der Waals surface area contributed by atoms with Gasteiger partial charge in [0.05, 0.1) is 17.6 Å². The summed E-state index contributed by atoms with van der Waals surface area (Å²) in [6.45, 7) is 8.17.